The van der Waals surface area contributed by atoms with Gasteiger partial charge >= 0.3 is 0 Å². The number of piperazine rings is 1. The highest BCUT2D eigenvalue weighted by molar-refractivity contribution is 7.89. The molecule has 4 rings (SSSR count). The number of carbonyl (C=O) groups is 1. The van der Waals surface area contributed by atoms with E-state index in [1.165, 1.54) is 4.31 Å². The molecule has 0 spiro atoms. The summed E-state index contributed by atoms with van der Waals surface area (Å²) >= 11 is 6.10. The van der Waals surface area contributed by atoms with Crippen LogP contribution in [0.1, 0.15) is 25.3 Å². The van der Waals surface area contributed by atoms with E-state index in [9.17, 15) is 13.2 Å². The molecule has 1 amide bonds. The van der Waals surface area contributed by atoms with E-state index in [0.29, 0.717) is 23.8 Å². The summed E-state index contributed by atoms with van der Waals surface area (Å²) in [6, 6.07) is 13.9. The van der Waals surface area contributed by atoms with Crippen LogP contribution in [0.3, 0.4) is 0 Å². The summed E-state index contributed by atoms with van der Waals surface area (Å²) in [7, 11) is -3.59. The van der Waals surface area contributed by atoms with E-state index in [-0.39, 0.29) is 10.8 Å². The Morgan fingerprint density at radius 3 is 2.40 bits per heavy atom. The van der Waals surface area contributed by atoms with Gasteiger partial charge in [0.05, 0.1) is 10.3 Å². The molecule has 2 aliphatic rings. The molecule has 1 N–H and O–H groups in total. The number of halogens is 1. The SMILES string of the molecule is CCN1CCN(S(=O)(=O)c2cccc(NC(=O)C3(c4cccc(Cl)c4)CC3)c2)CC1. The van der Waals surface area contributed by atoms with E-state index in [2.05, 4.69) is 17.1 Å². The summed E-state index contributed by atoms with van der Waals surface area (Å²) in [5.74, 6) is -0.129. The molecule has 30 heavy (non-hydrogen) atoms. The van der Waals surface area contributed by atoms with Crippen molar-refractivity contribution in [1.29, 1.82) is 0 Å². The molecule has 2 aromatic rings. The number of likely N-dealkylation sites (N-methyl/N-ethyl adjacent to an activating group) is 1. The molecule has 1 aliphatic heterocycles. The molecule has 1 saturated carbocycles. The fourth-order valence-corrected chi connectivity index (χ4v) is 5.64. The van der Waals surface area contributed by atoms with Crippen molar-refractivity contribution in [2.75, 3.05) is 38.0 Å². The summed E-state index contributed by atoms with van der Waals surface area (Å²) in [6.45, 7) is 5.41. The Hall–Kier alpha value is -1.93. The molecular weight excluding hydrogens is 422 g/mol. The lowest BCUT2D eigenvalue weighted by atomic mass is 9.95. The van der Waals surface area contributed by atoms with Gasteiger partial charge < -0.3 is 10.2 Å². The second kappa shape index (κ2) is 8.30. The monoisotopic (exact) mass is 447 g/mol. The molecule has 2 fully saturated rings. The fraction of sp³-hybridized carbons (Fsp3) is 0.409. The van der Waals surface area contributed by atoms with Crippen LogP contribution in [0.15, 0.2) is 53.4 Å². The summed E-state index contributed by atoms with van der Waals surface area (Å²) in [6.07, 6.45) is 1.50. The average molecular weight is 448 g/mol. The zero-order valence-corrected chi connectivity index (χ0v) is 18.5. The van der Waals surface area contributed by atoms with E-state index >= 15 is 0 Å². The first-order chi connectivity index (χ1) is 14.3. The Bertz CT molecular complexity index is 1050. The molecular formula is C22H26ClN3O3S. The van der Waals surface area contributed by atoms with Gasteiger partial charge in [0, 0.05) is 36.9 Å². The molecule has 2 aromatic carbocycles. The van der Waals surface area contributed by atoms with Crippen LogP contribution in [-0.2, 0) is 20.2 Å². The standard InChI is InChI=1S/C22H26ClN3O3S/c1-2-25-11-13-26(14-12-25)30(28,29)20-8-4-7-19(16-20)24-21(27)22(9-10-22)17-5-3-6-18(23)15-17/h3-8,15-16H,2,9-14H2,1H3,(H,24,27). The van der Waals surface area contributed by atoms with Crippen molar-refractivity contribution in [2.45, 2.75) is 30.1 Å². The number of sulfonamides is 1. The van der Waals surface area contributed by atoms with Crippen LogP contribution in [0, 0.1) is 0 Å². The van der Waals surface area contributed by atoms with Crippen molar-refractivity contribution in [3.05, 3.63) is 59.1 Å². The fourth-order valence-electron chi connectivity index (χ4n) is 3.98. The maximum Gasteiger partial charge on any atom is 0.243 e. The number of rotatable bonds is 6. The third-order valence-corrected chi connectivity index (χ3v) is 8.20. The van der Waals surface area contributed by atoms with Crippen LogP contribution >= 0.6 is 11.6 Å². The number of hydrogen-bond donors (Lipinski definition) is 1. The van der Waals surface area contributed by atoms with Crippen LogP contribution in [0.25, 0.3) is 0 Å². The van der Waals surface area contributed by atoms with Crippen molar-refractivity contribution in [3.8, 4) is 0 Å². The normalized spacial score (nSPS) is 19.4. The lowest BCUT2D eigenvalue weighted by molar-refractivity contribution is -0.118. The van der Waals surface area contributed by atoms with Gasteiger partial charge in [0.2, 0.25) is 15.9 Å². The van der Waals surface area contributed by atoms with Crippen LogP contribution in [-0.4, -0.2) is 56.3 Å². The van der Waals surface area contributed by atoms with E-state index in [1.807, 2.05) is 18.2 Å². The first kappa shape index (κ1) is 21.3. The number of amides is 1. The van der Waals surface area contributed by atoms with Gasteiger partial charge in [-0.25, -0.2) is 8.42 Å². The molecule has 1 saturated heterocycles. The molecule has 0 aromatic heterocycles. The average Bonchev–Trinajstić information content (AvgIpc) is 3.56. The van der Waals surface area contributed by atoms with E-state index < -0.39 is 15.4 Å². The predicted octanol–water partition coefficient (Wildman–Crippen LogP) is 3.34. The Labute approximate surface area is 182 Å². The molecule has 0 bridgehead atoms. The van der Waals surface area contributed by atoms with Gasteiger partial charge in [0.1, 0.15) is 0 Å². The zero-order valence-electron chi connectivity index (χ0n) is 17.0. The first-order valence-corrected chi connectivity index (χ1v) is 12.1. The molecule has 1 aliphatic carbocycles. The predicted molar refractivity (Wildman–Crippen MR) is 118 cm³/mol. The van der Waals surface area contributed by atoms with Crippen molar-refractivity contribution in [3.63, 3.8) is 0 Å². The minimum Gasteiger partial charge on any atom is -0.325 e. The topological polar surface area (TPSA) is 69.7 Å². The highest BCUT2D eigenvalue weighted by Gasteiger charge is 2.51. The molecule has 8 heteroatoms. The third-order valence-electron chi connectivity index (χ3n) is 6.07. The van der Waals surface area contributed by atoms with Gasteiger partial charge in [-0.3, -0.25) is 4.79 Å². The second-order valence-electron chi connectivity index (χ2n) is 7.91. The number of benzene rings is 2. The highest BCUT2D eigenvalue weighted by Crippen LogP contribution is 2.49. The van der Waals surface area contributed by atoms with Crippen molar-refractivity contribution >= 4 is 33.2 Å². The first-order valence-electron chi connectivity index (χ1n) is 10.3. The molecule has 6 nitrogen and oxygen atoms in total. The zero-order chi connectivity index (χ0) is 21.4. The minimum absolute atomic E-state index is 0.129. The van der Waals surface area contributed by atoms with E-state index in [4.69, 9.17) is 11.6 Å². The maximum atomic E-state index is 13.1. The van der Waals surface area contributed by atoms with Crippen LogP contribution in [0.4, 0.5) is 5.69 Å². The van der Waals surface area contributed by atoms with Gasteiger partial charge in [0.15, 0.2) is 0 Å². The lowest BCUT2D eigenvalue weighted by Gasteiger charge is -2.33. The van der Waals surface area contributed by atoms with Gasteiger partial charge in [-0.15, -0.1) is 0 Å². The second-order valence-corrected chi connectivity index (χ2v) is 10.3. The number of hydrogen-bond acceptors (Lipinski definition) is 4. The van der Waals surface area contributed by atoms with Gasteiger partial charge in [0.25, 0.3) is 0 Å². The number of nitrogens with one attached hydrogen (secondary N) is 1. The maximum absolute atomic E-state index is 13.1. The largest absolute Gasteiger partial charge is 0.325 e. The van der Waals surface area contributed by atoms with Crippen LogP contribution < -0.4 is 5.32 Å². The smallest absolute Gasteiger partial charge is 0.243 e. The minimum atomic E-state index is -3.59. The molecule has 1 heterocycles. The third kappa shape index (κ3) is 4.12. The molecule has 160 valence electrons. The lowest BCUT2D eigenvalue weighted by Crippen LogP contribution is -2.48. The highest BCUT2D eigenvalue weighted by atomic mass is 35.5. The van der Waals surface area contributed by atoms with Gasteiger partial charge in [-0.2, -0.15) is 4.31 Å². The van der Waals surface area contributed by atoms with E-state index in [0.717, 1.165) is 38.0 Å². The summed E-state index contributed by atoms with van der Waals surface area (Å²) in [5.41, 5.74) is 0.794. The van der Waals surface area contributed by atoms with Crippen molar-refractivity contribution in [2.24, 2.45) is 0 Å². The van der Waals surface area contributed by atoms with E-state index in [1.54, 1.807) is 30.3 Å². The molecule has 0 radical (unpaired) electrons. The Morgan fingerprint density at radius 1 is 1.07 bits per heavy atom. The molecule has 0 atom stereocenters. The Morgan fingerprint density at radius 2 is 1.77 bits per heavy atom. The number of carbonyl (C=O) groups excluding carboxylic acids is 1. The number of nitrogens with zero attached hydrogens (tertiary/aromatic N) is 2. The quantitative estimate of drug-likeness (QED) is 0.737. The molecule has 0 unspecified atom stereocenters. The van der Waals surface area contributed by atoms with Crippen molar-refractivity contribution in [1.82, 2.24) is 9.21 Å². The summed E-state index contributed by atoms with van der Waals surface area (Å²) in [5, 5.41) is 3.52. The van der Waals surface area contributed by atoms with Crippen molar-refractivity contribution < 1.29 is 13.2 Å². The van der Waals surface area contributed by atoms with Gasteiger partial charge in [-0.1, -0.05) is 36.7 Å². The van der Waals surface area contributed by atoms with Gasteiger partial charge in [-0.05, 0) is 55.3 Å². The van der Waals surface area contributed by atoms with Crippen LogP contribution in [0.5, 0.6) is 0 Å². The summed E-state index contributed by atoms with van der Waals surface area (Å²) < 4.78 is 27.7. The Kier molecular flexibility index (Phi) is 5.90. The number of anilines is 1. The summed E-state index contributed by atoms with van der Waals surface area (Å²) in [4.78, 5) is 15.5. The van der Waals surface area contributed by atoms with Crippen LogP contribution in [0.2, 0.25) is 5.02 Å². The Balaban J connectivity index is 1.51.